The predicted molar refractivity (Wildman–Crippen MR) is 238 cm³/mol. The van der Waals surface area contributed by atoms with Gasteiger partial charge in [-0.1, -0.05) is 121 Å². The fourth-order valence-electron chi connectivity index (χ4n) is 9.21. The monoisotopic (exact) mass is 789 g/mol. The van der Waals surface area contributed by atoms with Crippen molar-refractivity contribution in [2.75, 3.05) is 0 Å². The maximum Gasteiger partial charge on any atom is 0.417 e. The van der Waals surface area contributed by atoms with Crippen LogP contribution < -0.4 is 0 Å². The fraction of sp³-hybridized carbons (Fsp3) is 0.0200. The third-order valence-corrected chi connectivity index (χ3v) is 14.0. The van der Waals surface area contributed by atoms with E-state index in [0.717, 1.165) is 90.0 Å². The molecule has 0 saturated heterocycles. The molecule has 0 radical (unpaired) electrons. The largest absolute Gasteiger partial charge is 0.417 e. The van der Waals surface area contributed by atoms with Gasteiger partial charge in [-0.3, -0.25) is 0 Å². The van der Waals surface area contributed by atoms with Crippen LogP contribution in [-0.4, -0.2) is 9.13 Å². The van der Waals surface area contributed by atoms with Gasteiger partial charge in [0.1, 0.15) is 0 Å². The lowest BCUT2D eigenvalue weighted by molar-refractivity contribution is -0.137. The molecule has 0 amide bonds. The number of aromatic nitrogens is 2. The molecule has 58 heavy (non-hydrogen) atoms. The Hall–Kier alpha value is -6.92. The molecule has 3 nitrogen and oxygen atoms in total. The summed E-state index contributed by atoms with van der Waals surface area (Å²) >= 11 is 3.38. The number of fused-ring (bicyclic) bond motifs is 14. The highest BCUT2D eigenvalue weighted by atomic mass is 32.1. The van der Waals surface area contributed by atoms with Crippen molar-refractivity contribution in [3.63, 3.8) is 0 Å². The second kappa shape index (κ2) is 12.0. The molecule has 4 heterocycles. The first-order chi connectivity index (χ1) is 28.4. The Balaban J connectivity index is 1.31. The van der Waals surface area contributed by atoms with Crippen molar-refractivity contribution in [2.45, 2.75) is 6.18 Å². The summed E-state index contributed by atoms with van der Waals surface area (Å²) in [5.74, 6) is 0. The van der Waals surface area contributed by atoms with Crippen molar-refractivity contribution in [1.29, 1.82) is 0 Å². The zero-order valence-corrected chi connectivity index (χ0v) is 31.9. The van der Waals surface area contributed by atoms with E-state index in [1.165, 1.54) is 12.1 Å². The molecule has 0 spiro atoms. The van der Waals surface area contributed by atoms with Crippen molar-refractivity contribution in [3.05, 3.63) is 175 Å². The van der Waals surface area contributed by atoms with Crippen LogP contribution in [0.15, 0.2) is 158 Å². The number of halogens is 3. The highest BCUT2D eigenvalue weighted by molar-refractivity contribution is 7.27. The van der Waals surface area contributed by atoms with Gasteiger partial charge in [0.05, 0.1) is 55.0 Å². The van der Waals surface area contributed by atoms with Crippen LogP contribution in [0.4, 0.5) is 18.9 Å². The minimum absolute atomic E-state index is 0.0185. The second-order valence-corrected chi connectivity index (χ2v) is 16.7. The van der Waals surface area contributed by atoms with Gasteiger partial charge in [-0.15, -0.1) is 22.7 Å². The van der Waals surface area contributed by atoms with E-state index in [1.54, 1.807) is 34.8 Å². The normalized spacial score (nSPS) is 12.4. The molecular weight excluding hydrogens is 764 g/mol. The summed E-state index contributed by atoms with van der Waals surface area (Å²) in [6.07, 6.45) is -4.63. The molecule has 4 aromatic heterocycles. The second-order valence-electron chi connectivity index (χ2n) is 14.6. The lowest BCUT2D eigenvalue weighted by Crippen LogP contribution is -2.09. The number of nitrogens with zero attached hydrogens (tertiary/aromatic N) is 3. The maximum absolute atomic E-state index is 15.0. The van der Waals surface area contributed by atoms with E-state index in [2.05, 4.69) is 80.7 Å². The zero-order valence-electron chi connectivity index (χ0n) is 30.3. The van der Waals surface area contributed by atoms with Crippen molar-refractivity contribution < 1.29 is 13.2 Å². The zero-order chi connectivity index (χ0) is 38.9. The molecule has 0 unspecified atom stereocenters. The minimum Gasteiger partial charge on any atom is -0.318 e. The van der Waals surface area contributed by atoms with Gasteiger partial charge in [0.25, 0.3) is 0 Å². The van der Waals surface area contributed by atoms with Gasteiger partial charge in [-0.2, -0.15) is 13.2 Å². The summed E-state index contributed by atoms with van der Waals surface area (Å²) in [6.45, 7) is 9.08. The number of alkyl halides is 3. The van der Waals surface area contributed by atoms with E-state index in [-0.39, 0.29) is 11.3 Å². The summed E-state index contributed by atoms with van der Waals surface area (Å²) in [7, 11) is 0. The molecular formula is C50H26F3N3S2. The van der Waals surface area contributed by atoms with Gasteiger partial charge >= 0.3 is 6.18 Å². The van der Waals surface area contributed by atoms with Gasteiger partial charge in [-0.25, -0.2) is 4.85 Å². The van der Waals surface area contributed by atoms with E-state index in [1.807, 2.05) is 60.7 Å². The number of para-hydroxylation sites is 2. The first-order valence-electron chi connectivity index (χ1n) is 18.8. The third-order valence-electron chi connectivity index (χ3n) is 11.6. The van der Waals surface area contributed by atoms with Gasteiger partial charge in [0.2, 0.25) is 5.69 Å². The van der Waals surface area contributed by atoms with Crippen LogP contribution in [0.1, 0.15) is 5.56 Å². The maximum atomic E-state index is 15.0. The molecule has 0 atom stereocenters. The molecule has 0 aliphatic rings. The van der Waals surface area contributed by atoms with Crippen molar-refractivity contribution >= 4 is 112 Å². The topological polar surface area (TPSA) is 14.2 Å². The number of rotatable bonds is 3. The molecule has 8 heteroatoms. The van der Waals surface area contributed by atoms with Crippen LogP contribution in [0.3, 0.4) is 0 Å². The quantitative estimate of drug-likeness (QED) is 0.158. The Labute approximate surface area is 336 Å². The standard InChI is InChI=1S/C50H26F3N3S2/c1-54-44-41(55-39-18-8-3-13-29(39)34-22-24-36-31-15-5-10-20-42(31)57-48(36)46(34)55)27-26-33(28-12-2-7-17-38(28)50(51,52)53)45(44)56-40-19-9-4-14-30(40)35-23-25-37-32-16-6-11-21-43(32)58-49(37)47(35)56/h2-27H. The minimum atomic E-state index is -4.63. The average Bonchev–Trinajstić information content (AvgIpc) is 4.00. The van der Waals surface area contributed by atoms with Crippen LogP contribution in [0, 0.1) is 6.57 Å². The van der Waals surface area contributed by atoms with E-state index >= 15 is 13.2 Å². The summed E-state index contributed by atoms with van der Waals surface area (Å²) in [5.41, 5.74) is 4.42. The average molecular weight is 790 g/mol. The van der Waals surface area contributed by atoms with E-state index in [9.17, 15) is 0 Å². The Morgan fingerprint density at radius 3 is 1.52 bits per heavy atom. The van der Waals surface area contributed by atoms with Crippen LogP contribution in [0.2, 0.25) is 0 Å². The molecule has 0 saturated carbocycles. The summed E-state index contributed by atoms with van der Waals surface area (Å²) in [6, 6.07) is 50.8. The highest BCUT2D eigenvalue weighted by Gasteiger charge is 2.35. The Morgan fingerprint density at radius 2 is 0.931 bits per heavy atom. The van der Waals surface area contributed by atoms with Gasteiger partial charge < -0.3 is 9.13 Å². The first-order valence-corrected chi connectivity index (χ1v) is 20.4. The number of thiophene rings is 2. The van der Waals surface area contributed by atoms with E-state index in [0.29, 0.717) is 16.9 Å². The molecule has 8 aromatic carbocycles. The summed E-state index contributed by atoms with van der Waals surface area (Å²) in [5, 5.41) is 8.44. The fourth-order valence-corrected chi connectivity index (χ4v) is 11.7. The highest BCUT2D eigenvalue weighted by Crippen LogP contribution is 2.51. The Kier molecular flexibility index (Phi) is 6.90. The van der Waals surface area contributed by atoms with Crippen LogP contribution in [0.25, 0.3) is 111 Å². The first kappa shape index (κ1) is 33.2. The van der Waals surface area contributed by atoms with Gasteiger partial charge in [0, 0.05) is 52.5 Å². The third kappa shape index (κ3) is 4.48. The van der Waals surface area contributed by atoms with E-state index < -0.39 is 11.7 Å². The van der Waals surface area contributed by atoms with Crippen molar-refractivity contribution in [2.24, 2.45) is 0 Å². The van der Waals surface area contributed by atoms with Crippen molar-refractivity contribution in [1.82, 2.24) is 9.13 Å². The molecule has 12 aromatic rings. The van der Waals surface area contributed by atoms with Crippen LogP contribution in [-0.2, 0) is 6.18 Å². The number of benzene rings is 8. The smallest absolute Gasteiger partial charge is 0.318 e. The number of hydrogen-bond donors (Lipinski definition) is 0. The van der Waals surface area contributed by atoms with Gasteiger partial charge in [-0.05, 0) is 47.5 Å². The molecule has 12 rings (SSSR count). The lowest BCUT2D eigenvalue weighted by atomic mass is 9.95. The predicted octanol–water partition coefficient (Wildman–Crippen LogP) is 15.9. The SMILES string of the molecule is [C-]#[N+]c1c(-n2c3ccccc3c3ccc4c5ccccc5sc4c32)ccc(-c2ccccc2C(F)(F)F)c1-n1c2ccccc2c2ccc3c4ccccc4sc3c21. The summed E-state index contributed by atoms with van der Waals surface area (Å²) in [4.78, 5) is 4.37. The molecule has 0 aliphatic heterocycles. The van der Waals surface area contributed by atoms with Crippen molar-refractivity contribution in [3.8, 4) is 22.5 Å². The Bertz CT molecular complexity index is 3760. The molecule has 0 bridgehead atoms. The number of hydrogen-bond acceptors (Lipinski definition) is 2. The molecule has 0 N–H and O–H groups in total. The molecule has 0 aliphatic carbocycles. The van der Waals surface area contributed by atoms with Gasteiger partial charge in [0.15, 0.2) is 0 Å². The van der Waals surface area contributed by atoms with Crippen LogP contribution in [0.5, 0.6) is 0 Å². The lowest BCUT2D eigenvalue weighted by Gasteiger charge is -2.22. The molecule has 274 valence electrons. The van der Waals surface area contributed by atoms with E-state index in [4.69, 9.17) is 6.57 Å². The Morgan fingerprint density at radius 1 is 0.448 bits per heavy atom. The van der Waals surface area contributed by atoms with Crippen LogP contribution >= 0.6 is 22.7 Å². The summed E-state index contributed by atoms with van der Waals surface area (Å²) < 4.78 is 53.7. The molecule has 0 fully saturated rings.